The number of fused-ring (bicyclic) bond motifs is 1. The second kappa shape index (κ2) is 13.2. The number of ether oxygens (including phenoxy) is 1. The van der Waals surface area contributed by atoms with Crippen molar-refractivity contribution in [3.05, 3.63) is 12.2 Å². The number of carboxylic acid groups (broad SMARTS) is 1. The van der Waals surface area contributed by atoms with Gasteiger partial charge in [0.1, 0.15) is 6.10 Å². The van der Waals surface area contributed by atoms with E-state index in [9.17, 15) is 24.9 Å². The largest absolute Gasteiger partial charge is 1.00 e. The van der Waals surface area contributed by atoms with Crippen molar-refractivity contribution in [2.45, 2.75) is 90.4 Å². The Labute approximate surface area is 202 Å². The Morgan fingerprint density at radius 1 is 1.20 bits per heavy atom. The monoisotopic (exact) mass is 432 g/mol. The second-order valence-electron chi connectivity index (χ2n) is 9.06. The molecule has 0 radical (unpaired) electrons. The van der Waals surface area contributed by atoms with Gasteiger partial charge in [-0.1, -0.05) is 32.9 Å². The van der Waals surface area contributed by atoms with Crippen LogP contribution in [0.15, 0.2) is 12.2 Å². The number of esters is 1. The van der Waals surface area contributed by atoms with E-state index in [1.165, 1.54) is 0 Å². The van der Waals surface area contributed by atoms with Crippen molar-refractivity contribution in [3.8, 4) is 0 Å². The van der Waals surface area contributed by atoms with Gasteiger partial charge >= 0.3 is 35.5 Å². The van der Waals surface area contributed by atoms with Crippen molar-refractivity contribution in [1.29, 1.82) is 0 Å². The van der Waals surface area contributed by atoms with Gasteiger partial charge in [-0.3, -0.25) is 4.79 Å². The average Bonchev–Trinajstić information content (AvgIpc) is 2.66. The summed E-state index contributed by atoms with van der Waals surface area (Å²) in [6.45, 7) is 6.05. The van der Waals surface area contributed by atoms with Gasteiger partial charge in [0, 0.05) is 18.3 Å². The van der Waals surface area contributed by atoms with Gasteiger partial charge in [0.2, 0.25) is 0 Å². The second-order valence-corrected chi connectivity index (χ2v) is 9.06. The van der Waals surface area contributed by atoms with Crippen molar-refractivity contribution in [2.75, 3.05) is 0 Å². The summed E-state index contributed by atoms with van der Waals surface area (Å²) in [5.74, 6) is -0.293. The standard InChI is InChI=1S/C23H38O6.Na/c1-4-14(2)23(28)29-20-7-5-6-16-9-8-15(3)19(22(16)20)11-10-17(24)12-18(25)13-21(26)27;/h8-9,14-20,22,24-25H,4-7,10-13H2,1-3H3,(H,26,27);/q;+1/p-1/t14-,15-,16+,17+,18+,19+,20-,22-;/m0./s1. The Kier molecular flexibility index (Phi) is 12.2. The van der Waals surface area contributed by atoms with Crippen molar-refractivity contribution in [3.63, 3.8) is 0 Å². The predicted octanol–water partition coefficient (Wildman–Crippen LogP) is -0.781. The molecular weight excluding hydrogens is 395 g/mol. The van der Waals surface area contributed by atoms with Crippen LogP contribution in [0.25, 0.3) is 0 Å². The van der Waals surface area contributed by atoms with Gasteiger partial charge in [-0.25, -0.2) is 0 Å². The molecule has 1 saturated carbocycles. The SMILES string of the molecule is CC[C@H](C)C(=O)O[C@H]1CCC[C@@H]2C=C[C@H](C)[C@@H](CC[C@@H](O)C[C@@H](O)CC(=O)[O-])[C@@H]12.[Na+]. The quantitative estimate of drug-likeness (QED) is 0.266. The smallest absolute Gasteiger partial charge is 0.550 e. The van der Waals surface area contributed by atoms with Crippen LogP contribution in [0.3, 0.4) is 0 Å². The Morgan fingerprint density at radius 2 is 1.90 bits per heavy atom. The molecular formula is C23H37NaO6. The molecule has 6 nitrogen and oxygen atoms in total. The fourth-order valence-corrected chi connectivity index (χ4v) is 4.96. The molecule has 1 fully saturated rings. The van der Waals surface area contributed by atoms with Gasteiger partial charge in [-0.05, 0) is 62.7 Å². The molecule has 2 N–H and O–H groups in total. The van der Waals surface area contributed by atoms with Crippen LogP contribution in [-0.2, 0) is 14.3 Å². The molecule has 2 aliphatic carbocycles. The minimum atomic E-state index is -1.31. The molecule has 0 heterocycles. The van der Waals surface area contributed by atoms with Gasteiger partial charge in [0.25, 0.3) is 0 Å². The van der Waals surface area contributed by atoms with E-state index >= 15 is 0 Å². The number of carboxylic acids is 1. The molecule has 0 aromatic heterocycles. The molecule has 0 aliphatic heterocycles. The number of carbonyl (C=O) groups excluding carboxylic acids is 2. The first kappa shape index (κ1) is 27.6. The molecule has 8 atom stereocenters. The van der Waals surface area contributed by atoms with E-state index in [0.717, 1.165) is 32.1 Å². The maximum absolute atomic E-state index is 12.4. The summed E-state index contributed by atoms with van der Waals surface area (Å²) >= 11 is 0. The number of aliphatic hydroxyl groups is 2. The fourth-order valence-electron chi connectivity index (χ4n) is 4.96. The molecule has 0 unspecified atom stereocenters. The van der Waals surface area contributed by atoms with E-state index in [-0.39, 0.29) is 65.8 Å². The minimum Gasteiger partial charge on any atom is -0.550 e. The number of aliphatic carboxylic acids is 1. The van der Waals surface area contributed by atoms with Gasteiger partial charge in [-0.2, -0.15) is 0 Å². The predicted molar refractivity (Wildman–Crippen MR) is 107 cm³/mol. The van der Waals surface area contributed by atoms with E-state index in [1.807, 2.05) is 13.8 Å². The van der Waals surface area contributed by atoms with Crippen molar-refractivity contribution in [1.82, 2.24) is 0 Å². The summed E-state index contributed by atoms with van der Waals surface area (Å²) in [6, 6.07) is 0. The molecule has 166 valence electrons. The number of aliphatic hydroxyl groups excluding tert-OH is 2. The molecule has 0 saturated heterocycles. The molecule has 0 aromatic rings. The van der Waals surface area contributed by atoms with Gasteiger partial charge < -0.3 is 24.9 Å². The Hall–Kier alpha value is -0.400. The van der Waals surface area contributed by atoms with Crippen LogP contribution in [0.5, 0.6) is 0 Å². The molecule has 30 heavy (non-hydrogen) atoms. The molecule has 2 rings (SSSR count). The molecule has 0 aromatic carbocycles. The van der Waals surface area contributed by atoms with E-state index in [0.29, 0.717) is 18.3 Å². The summed E-state index contributed by atoms with van der Waals surface area (Å²) in [5, 5.41) is 30.6. The zero-order valence-corrected chi connectivity index (χ0v) is 21.0. The Bertz CT molecular complexity index is 580. The third kappa shape index (κ3) is 7.94. The zero-order chi connectivity index (χ0) is 21.6. The number of rotatable bonds is 10. The van der Waals surface area contributed by atoms with E-state index < -0.39 is 24.6 Å². The average molecular weight is 433 g/mol. The summed E-state index contributed by atoms with van der Waals surface area (Å²) in [4.78, 5) is 23.0. The van der Waals surface area contributed by atoms with Gasteiger partial charge in [-0.15, -0.1) is 0 Å². The van der Waals surface area contributed by atoms with E-state index in [2.05, 4.69) is 19.1 Å². The van der Waals surface area contributed by atoms with Gasteiger partial charge in [0.15, 0.2) is 0 Å². The maximum Gasteiger partial charge on any atom is 1.00 e. The number of allylic oxidation sites excluding steroid dienone is 2. The van der Waals surface area contributed by atoms with Gasteiger partial charge in [0.05, 0.1) is 18.1 Å². The van der Waals surface area contributed by atoms with Crippen LogP contribution in [0, 0.1) is 29.6 Å². The molecule has 2 aliphatic rings. The van der Waals surface area contributed by atoms with Crippen molar-refractivity contribution >= 4 is 11.9 Å². The Morgan fingerprint density at radius 3 is 2.53 bits per heavy atom. The molecule has 7 heteroatoms. The summed E-state index contributed by atoms with van der Waals surface area (Å²) < 4.78 is 5.96. The van der Waals surface area contributed by atoms with E-state index in [1.54, 1.807) is 0 Å². The molecule has 0 bridgehead atoms. The normalized spacial score (nSPS) is 31.0. The van der Waals surface area contributed by atoms with Crippen molar-refractivity contribution in [2.24, 2.45) is 29.6 Å². The van der Waals surface area contributed by atoms with Crippen LogP contribution in [-0.4, -0.2) is 40.5 Å². The first-order chi connectivity index (χ1) is 13.7. The van der Waals surface area contributed by atoms with E-state index in [4.69, 9.17) is 4.74 Å². The van der Waals surface area contributed by atoms with Crippen LogP contribution in [0.4, 0.5) is 0 Å². The summed E-state index contributed by atoms with van der Waals surface area (Å²) in [6.07, 6.45) is 7.17. The number of hydrogen-bond acceptors (Lipinski definition) is 6. The molecule has 0 spiro atoms. The summed E-state index contributed by atoms with van der Waals surface area (Å²) in [7, 11) is 0. The summed E-state index contributed by atoms with van der Waals surface area (Å²) in [5.41, 5.74) is 0. The maximum atomic E-state index is 12.4. The fraction of sp³-hybridized carbons (Fsp3) is 0.826. The molecule has 0 amide bonds. The third-order valence-corrected chi connectivity index (χ3v) is 6.84. The van der Waals surface area contributed by atoms with Crippen LogP contribution < -0.4 is 34.7 Å². The Balaban J connectivity index is 0.00000450. The first-order valence-electron chi connectivity index (χ1n) is 11.2. The van der Waals surface area contributed by atoms with Crippen LogP contribution >= 0.6 is 0 Å². The minimum absolute atomic E-state index is 0. The van der Waals surface area contributed by atoms with Crippen LogP contribution in [0.2, 0.25) is 0 Å². The third-order valence-electron chi connectivity index (χ3n) is 6.84. The topological polar surface area (TPSA) is 107 Å². The number of hydrogen-bond donors (Lipinski definition) is 2. The van der Waals surface area contributed by atoms with Crippen molar-refractivity contribution < 1.29 is 59.2 Å². The zero-order valence-electron chi connectivity index (χ0n) is 19.0. The number of carbonyl (C=O) groups is 2. The first-order valence-corrected chi connectivity index (χ1v) is 11.2. The van der Waals surface area contributed by atoms with Crippen LogP contribution in [0.1, 0.15) is 72.1 Å².